The Balaban J connectivity index is 1.82. The van der Waals surface area contributed by atoms with Crippen molar-refractivity contribution in [1.29, 1.82) is 0 Å². The van der Waals surface area contributed by atoms with Crippen molar-refractivity contribution in [3.05, 3.63) is 83.0 Å². The molecule has 0 radical (unpaired) electrons. The van der Waals surface area contributed by atoms with Crippen LogP contribution in [0.25, 0.3) is 22.3 Å². The highest BCUT2D eigenvalue weighted by atomic mass is 16.1. The summed E-state index contributed by atoms with van der Waals surface area (Å²) >= 11 is 0. The molecule has 0 aliphatic heterocycles. The molecule has 0 aliphatic carbocycles. The molecule has 4 aromatic rings. The predicted molar refractivity (Wildman–Crippen MR) is 97.0 cm³/mol. The van der Waals surface area contributed by atoms with Crippen LogP contribution in [0.3, 0.4) is 0 Å². The first-order valence-corrected chi connectivity index (χ1v) is 7.83. The number of rotatable bonds is 3. The van der Waals surface area contributed by atoms with Crippen LogP contribution >= 0.6 is 0 Å². The smallest absolute Gasteiger partial charge is 0.262 e. The van der Waals surface area contributed by atoms with Gasteiger partial charge in [0.2, 0.25) is 0 Å². The standard InChI is InChI=1S/C19H15N5O/c20-17-16-14(11-15(23-17)18-21-8-4-9-22-18)7-10-24(19(16)25)12-13-5-2-1-3-6-13/h1-11H,12H2,(H2,20,23). The van der Waals surface area contributed by atoms with Crippen LogP contribution in [0, 0.1) is 0 Å². The molecular weight excluding hydrogens is 314 g/mol. The molecule has 6 nitrogen and oxygen atoms in total. The van der Waals surface area contributed by atoms with Gasteiger partial charge in [-0.1, -0.05) is 30.3 Å². The van der Waals surface area contributed by atoms with Gasteiger partial charge >= 0.3 is 0 Å². The summed E-state index contributed by atoms with van der Waals surface area (Å²) in [5, 5.41) is 1.14. The van der Waals surface area contributed by atoms with Crippen molar-refractivity contribution in [2.24, 2.45) is 0 Å². The highest BCUT2D eigenvalue weighted by Gasteiger charge is 2.12. The van der Waals surface area contributed by atoms with E-state index in [4.69, 9.17) is 5.73 Å². The second kappa shape index (κ2) is 6.16. The lowest BCUT2D eigenvalue weighted by molar-refractivity contribution is 0.768. The summed E-state index contributed by atoms with van der Waals surface area (Å²) < 4.78 is 1.63. The molecule has 4 rings (SSSR count). The van der Waals surface area contributed by atoms with Gasteiger partial charge in [0.25, 0.3) is 5.56 Å². The first-order chi connectivity index (χ1) is 12.2. The third-order valence-electron chi connectivity index (χ3n) is 3.98. The van der Waals surface area contributed by atoms with E-state index in [1.54, 1.807) is 35.3 Å². The van der Waals surface area contributed by atoms with Gasteiger partial charge in [-0.15, -0.1) is 0 Å². The van der Waals surface area contributed by atoms with Crippen LogP contribution in [0.2, 0.25) is 0 Å². The first kappa shape index (κ1) is 15.0. The molecule has 0 saturated heterocycles. The summed E-state index contributed by atoms with van der Waals surface area (Å²) in [6.45, 7) is 0.485. The fraction of sp³-hybridized carbons (Fsp3) is 0.0526. The van der Waals surface area contributed by atoms with E-state index in [9.17, 15) is 4.79 Å². The highest BCUT2D eigenvalue weighted by molar-refractivity contribution is 5.92. The minimum atomic E-state index is -0.160. The van der Waals surface area contributed by atoms with E-state index in [1.807, 2.05) is 36.4 Å². The van der Waals surface area contributed by atoms with Gasteiger partial charge in [0.15, 0.2) is 5.82 Å². The van der Waals surface area contributed by atoms with Crippen LogP contribution in [0.5, 0.6) is 0 Å². The van der Waals surface area contributed by atoms with Crippen molar-refractivity contribution in [2.75, 3.05) is 5.73 Å². The van der Waals surface area contributed by atoms with E-state index in [0.717, 1.165) is 10.9 Å². The molecule has 0 amide bonds. The zero-order valence-corrected chi connectivity index (χ0v) is 13.3. The number of nitrogens with two attached hydrogens (primary N) is 1. The number of nitrogen functional groups attached to an aromatic ring is 1. The van der Waals surface area contributed by atoms with Crippen LogP contribution in [-0.2, 0) is 6.54 Å². The number of pyridine rings is 2. The van der Waals surface area contributed by atoms with Crippen LogP contribution in [0.1, 0.15) is 5.56 Å². The maximum absolute atomic E-state index is 12.8. The third kappa shape index (κ3) is 2.85. The van der Waals surface area contributed by atoms with E-state index >= 15 is 0 Å². The minimum Gasteiger partial charge on any atom is -0.383 e. The number of aromatic nitrogens is 4. The average Bonchev–Trinajstić information content (AvgIpc) is 2.65. The molecule has 0 aliphatic rings. The molecule has 0 spiro atoms. The topological polar surface area (TPSA) is 86.7 Å². The van der Waals surface area contributed by atoms with Crippen LogP contribution in [0.15, 0.2) is 71.9 Å². The minimum absolute atomic E-state index is 0.160. The molecule has 122 valence electrons. The third-order valence-corrected chi connectivity index (χ3v) is 3.98. The molecule has 0 bridgehead atoms. The highest BCUT2D eigenvalue weighted by Crippen LogP contribution is 2.21. The lowest BCUT2D eigenvalue weighted by Gasteiger charge is -2.09. The van der Waals surface area contributed by atoms with Crippen molar-refractivity contribution in [2.45, 2.75) is 6.54 Å². The summed E-state index contributed by atoms with van der Waals surface area (Å²) in [6.07, 6.45) is 5.05. The Bertz CT molecular complexity index is 1090. The molecule has 6 heteroatoms. The van der Waals surface area contributed by atoms with E-state index < -0.39 is 0 Å². The van der Waals surface area contributed by atoms with Gasteiger partial charge in [-0.05, 0) is 29.1 Å². The van der Waals surface area contributed by atoms with Gasteiger partial charge in [0, 0.05) is 18.6 Å². The fourth-order valence-corrected chi connectivity index (χ4v) is 2.78. The van der Waals surface area contributed by atoms with Gasteiger partial charge in [-0.2, -0.15) is 0 Å². The Hall–Kier alpha value is -3.54. The molecule has 3 aromatic heterocycles. The Labute approximate surface area is 143 Å². The molecule has 0 fully saturated rings. The van der Waals surface area contributed by atoms with E-state index in [-0.39, 0.29) is 11.4 Å². The maximum Gasteiger partial charge on any atom is 0.262 e. The zero-order chi connectivity index (χ0) is 17.2. The molecule has 2 N–H and O–H groups in total. The van der Waals surface area contributed by atoms with Crippen LogP contribution in [-0.4, -0.2) is 19.5 Å². The van der Waals surface area contributed by atoms with Gasteiger partial charge < -0.3 is 10.3 Å². The van der Waals surface area contributed by atoms with Crippen molar-refractivity contribution in [3.8, 4) is 11.5 Å². The van der Waals surface area contributed by atoms with E-state index in [0.29, 0.717) is 23.4 Å². The largest absolute Gasteiger partial charge is 0.383 e. The van der Waals surface area contributed by atoms with Gasteiger partial charge in [-0.25, -0.2) is 15.0 Å². The monoisotopic (exact) mass is 329 g/mol. The van der Waals surface area contributed by atoms with Crippen molar-refractivity contribution in [1.82, 2.24) is 19.5 Å². The summed E-state index contributed by atoms with van der Waals surface area (Å²) in [5.74, 6) is 0.664. The van der Waals surface area contributed by atoms with E-state index in [1.165, 1.54) is 0 Å². The van der Waals surface area contributed by atoms with Crippen molar-refractivity contribution in [3.63, 3.8) is 0 Å². The summed E-state index contributed by atoms with van der Waals surface area (Å²) in [7, 11) is 0. The summed E-state index contributed by atoms with van der Waals surface area (Å²) in [6, 6.07) is 15.2. The van der Waals surface area contributed by atoms with Gasteiger partial charge in [-0.3, -0.25) is 4.79 Å². The van der Waals surface area contributed by atoms with Crippen molar-refractivity contribution < 1.29 is 0 Å². The zero-order valence-electron chi connectivity index (χ0n) is 13.3. The van der Waals surface area contributed by atoms with Gasteiger partial charge in [0.05, 0.1) is 11.9 Å². The van der Waals surface area contributed by atoms with Crippen molar-refractivity contribution >= 4 is 16.6 Å². The Morgan fingerprint density at radius 2 is 1.76 bits per heavy atom. The van der Waals surface area contributed by atoms with Crippen LogP contribution < -0.4 is 11.3 Å². The van der Waals surface area contributed by atoms with E-state index in [2.05, 4.69) is 15.0 Å². The maximum atomic E-state index is 12.8. The number of anilines is 1. The lowest BCUT2D eigenvalue weighted by atomic mass is 10.1. The van der Waals surface area contributed by atoms with Gasteiger partial charge in [0.1, 0.15) is 11.5 Å². The number of hydrogen-bond acceptors (Lipinski definition) is 5. The predicted octanol–water partition coefficient (Wildman–Crippen LogP) is 2.48. The second-order valence-corrected chi connectivity index (χ2v) is 5.66. The lowest BCUT2D eigenvalue weighted by Crippen LogP contribution is -2.21. The molecular formula is C19H15N5O. The Kier molecular flexibility index (Phi) is 3.70. The Morgan fingerprint density at radius 3 is 2.52 bits per heavy atom. The van der Waals surface area contributed by atoms with Crippen LogP contribution in [0.4, 0.5) is 5.82 Å². The molecule has 0 saturated carbocycles. The average molecular weight is 329 g/mol. The first-order valence-electron chi connectivity index (χ1n) is 7.83. The second-order valence-electron chi connectivity index (χ2n) is 5.66. The normalized spacial score (nSPS) is 10.9. The number of benzene rings is 1. The number of nitrogens with zero attached hydrogens (tertiary/aromatic N) is 4. The fourth-order valence-electron chi connectivity index (χ4n) is 2.78. The number of fused-ring (bicyclic) bond motifs is 1. The molecule has 25 heavy (non-hydrogen) atoms. The number of hydrogen-bond donors (Lipinski definition) is 1. The molecule has 0 atom stereocenters. The SMILES string of the molecule is Nc1nc(-c2ncccn2)cc2ccn(Cc3ccccc3)c(=O)c12. The molecule has 1 aromatic carbocycles. The quantitative estimate of drug-likeness (QED) is 0.624. The Morgan fingerprint density at radius 1 is 1.00 bits per heavy atom. The summed E-state index contributed by atoms with van der Waals surface area (Å²) in [4.78, 5) is 25.5. The molecule has 3 heterocycles. The molecule has 0 unspecified atom stereocenters. The summed E-state index contributed by atoms with van der Waals surface area (Å²) in [5.41, 5.74) is 7.51.